The second-order valence-corrected chi connectivity index (χ2v) is 8.15. The van der Waals surface area contributed by atoms with E-state index in [-0.39, 0.29) is 12.1 Å². The zero-order chi connectivity index (χ0) is 21.8. The second-order valence-electron chi connectivity index (χ2n) is 6.86. The molecule has 31 heavy (non-hydrogen) atoms. The third-order valence-electron chi connectivity index (χ3n) is 4.47. The van der Waals surface area contributed by atoms with Gasteiger partial charge in [-0.05, 0) is 38.1 Å². The topological polar surface area (TPSA) is 92.9 Å². The summed E-state index contributed by atoms with van der Waals surface area (Å²) in [7, 11) is 0. The third kappa shape index (κ3) is 4.77. The fourth-order valence-electron chi connectivity index (χ4n) is 2.98. The summed E-state index contributed by atoms with van der Waals surface area (Å²) in [6, 6.07) is 11.7. The van der Waals surface area contributed by atoms with Crippen molar-refractivity contribution in [3.63, 3.8) is 0 Å². The van der Waals surface area contributed by atoms with E-state index in [1.807, 2.05) is 32.0 Å². The molecule has 0 spiro atoms. The molecular formula is C22H20FN5O2S. The quantitative estimate of drug-likeness (QED) is 0.415. The molecule has 9 heteroatoms. The summed E-state index contributed by atoms with van der Waals surface area (Å²) < 4.78 is 19.1. The van der Waals surface area contributed by atoms with E-state index in [0.29, 0.717) is 18.3 Å². The van der Waals surface area contributed by atoms with Crippen LogP contribution < -0.4 is 10.6 Å². The maximum atomic E-state index is 13.7. The Morgan fingerprint density at radius 3 is 2.71 bits per heavy atom. The zero-order valence-corrected chi connectivity index (χ0v) is 17.8. The molecule has 2 N–H and O–H groups in total. The number of nitrogens with one attached hydrogen (secondary N) is 2. The number of amides is 1. The van der Waals surface area contributed by atoms with Gasteiger partial charge in [0.2, 0.25) is 5.95 Å². The van der Waals surface area contributed by atoms with Gasteiger partial charge in [-0.25, -0.2) is 14.4 Å². The van der Waals surface area contributed by atoms with Crippen molar-refractivity contribution in [2.24, 2.45) is 0 Å². The molecule has 1 aromatic carbocycles. The number of nitrogens with zero attached hydrogens (tertiary/aromatic N) is 3. The molecule has 158 valence electrons. The summed E-state index contributed by atoms with van der Waals surface area (Å²) >= 11 is 1.62. The monoisotopic (exact) mass is 437 g/mol. The predicted octanol–water partition coefficient (Wildman–Crippen LogP) is 4.46. The predicted molar refractivity (Wildman–Crippen MR) is 118 cm³/mol. The van der Waals surface area contributed by atoms with Gasteiger partial charge in [-0.15, -0.1) is 11.3 Å². The van der Waals surface area contributed by atoms with E-state index in [4.69, 9.17) is 4.52 Å². The molecule has 0 fully saturated rings. The number of carbonyl (C=O) groups is 1. The molecule has 0 aliphatic carbocycles. The van der Waals surface area contributed by atoms with Gasteiger partial charge in [0.05, 0.1) is 27.4 Å². The van der Waals surface area contributed by atoms with Crippen molar-refractivity contribution in [1.82, 2.24) is 20.4 Å². The van der Waals surface area contributed by atoms with E-state index in [2.05, 4.69) is 25.8 Å². The van der Waals surface area contributed by atoms with Crippen LogP contribution in [-0.2, 0) is 0 Å². The lowest BCUT2D eigenvalue weighted by atomic mass is 10.1. The van der Waals surface area contributed by atoms with Crippen molar-refractivity contribution < 1.29 is 13.7 Å². The van der Waals surface area contributed by atoms with Crippen LogP contribution in [0.1, 0.15) is 20.9 Å². The standard InChI is InChI=1S/C22H20FN5O2S/c1-13-11-18(30-28-13)16-12-26-22(27-20(16)19-8-7-14(2)31-19)25-10-9-24-21(29)15-5-3-4-6-17(15)23/h3-8,11-12H,9-10H2,1-2H3,(H,24,29)(H,25,26,27). The molecule has 1 amide bonds. The lowest BCUT2D eigenvalue weighted by molar-refractivity contribution is 0.0951. The van der Waals surface area contributed by atoms with E-state index in [1.165, 1.54) is 17.0 Å². The Bertz CT molecular complexity index is 1220. The number of benzene rings is 1. The minimum Gasteiger partial charge on any atom is -0.356 e. The average molecular weight is 438 g/mol. The van der Waals surface area contributed by atoms with Crippen molar-refractivity contribution in [2.75, 3.05) is 18.4 Å². The molecule has 0 aliphatic heterocycles. The Labute approximate surface area is 182 Å². The van der Waals surface area contributed by atoms with Crippen LogP contribution in [0.5, 0.6) is 0 Å². The highest BCUT2D eigenvalue weighted by atomic mass is 32.1. The van der Waals surface area contributed by atoms with Gasteiger partial charge in [-0.3, -0.25) is 4.79 Å². The van der Waals surface area contributed by atoms with Crippen molar-refractivity contribution in [1.29, 1.82) is 0 Å². The Balaban J connectivity index is 1.46. The van der Waals surface area contributed by atoms with Crippen LogP contribution in [0, 0.1) is 19.7 Å². The fraction of sp³-hybridized carbons (Fsp3) is 0.182. The smallest absolute Gasteiger partial charge is 0.254 e. The summed E-state index contributed by atoms with van der Waals surface area (Å²) in [4.78, 5) is 23.3. The van der Waals surface area contributed by atoms with E-state index in [1.54, 1.807) is 29.7 Å². The number of anilines is 1. The van der Waals surface area contributed by atoms with Gasteiger partial charge >= 0.3 is 0 Å². The van der Waals surface area contributed by atoms with Crippen LogP contribution in [0.2, 0.25) is 0 Å². The highest BCUT2D eigenvalue weighted by Gasteiger charge is 2.17. The van der Waals surface area contributed by atoms with Crippen LogP contribution in [0.4, 0.5) is 10.3 Å². The van der Waals surface area contributed by atoms with Crippen LogP contribution in [0.3, 0.4) is 0 Å². The molecule has 3 heterocycles. The summed E-state index contributed by atoms with van der Waals surface area (Å²) in [6.07, 6.45) is 1.69. The van der Waals surface area contributed by atoms with Crippen LogP contribution >= 0.6 is 11.3 Å². The Kier molecular flexibility index (Phi) is 6.03. The maximum Gasteiger partial charge on any atom is 0.254 e. The molecule has 0 aliphatic rings. The van der Waals surface area contributed by atoms with Crippen molar-refractivity contribution in [3.05, 3.63) is 70.6 Å². The zero-order valence-electron chi connectivity index (χ0n) is 17.0. The SMILES string of the molecule is Cc1cc(-c2cnc(NCCNC(=O)c3ccccc3F)nc2-c2ccc(C)s2)on1. The molecule has 0 unspecified atom stereocenters. The minimum atomic E-state index is -0.551. The number of rotatable bonds is 7. The van der Waals surface area contributed by atoms with Crippen molar-refractivity contribution in [2.45, 2.75) is 13.8 Å². The van der Waals surface area contributed by atoms with Gasteiger partial charge < -0.3 is 15.2 Å². The first-order chi connectivity index (χ1) is 15.0. The summed E-state index contributed by atoms with van der Waals surface area (Å²) in [5.74, 6) is 0.000424. The summed E-state index contributed by atoms with van der Waals surface area (Å²) in [6.45, 7) is 4.55. The molecule has 4 rings (SSSR count). The Morgan fingerprint density at radius 2 is 2.00 bits per heavy atom. The molecule has 0 saturated heterocycles. The Hall–Kier alpha value is -3.59. The van der Waals surface area contributed by atoms with E-state index in [0.717, 1.165) is 21.8 Å². The van der Waals surface area contributed by atoms with Crippen LogP contribution in [0.15, 0.2) is 53.2 Å². The normalized spacial score (nSPS) is 10.8. The third-order valence-corrected chi connectivity index (χ3v) is 5.48. The highest BCUT2D eigenvalue weighted by Crippen LogP contribution is 2.35. The molecule has 7 nitrogen and oxygen atoms in total. The van der Waals surface area contributed by atoms with Crippen LogP contribution in [0.25, 0.3) is 21.9 Å². The number of halogens is 1. The lowest BCUT2D eigenvalue weighted by Crippen LogP contribution is -2.29. The number of aromatic nitrogens is 3. The van der Waals surface area contributed by atoms with Gasteiger partial charge in [-0.2, -0.15) is 0 Å². The average Bonchev–Trinajstić information content (AvgIpc) is 3.39. The van der Waals surface area contributed by atoms with Gasteiger partial charge in [0.25, 0.3) is 5.91 Å². The minimum absolute atomic E-state index is 0.0146. The number of hydrogen-bond donors (Lipinski definition) is 2. The molecule has 0 radical (unpaired) electrons. The second kappa shape index (κ2) is 9.05. The van der Waals surface area contributed by atoms with Gasteiger partial charge in [0, 0.05) is 30.2 Å². The molecule has 3 aromatic heterocycles. The van der Waals surface area contributed by atoms with Gasteiger partial charge in [0.1, 0.15) is 5.82 Å². The maximum absolute atomic E-state index is 13.7. The number of thiophene rings is 1. The first-order valence-electron chi connectivity index (χ1n) is 9.65. The van der Waals surface area contributed by atoms with Crippen molar-refractivity contribution in [3.8, 4) is 21.9 Å². The summed E-state index contributed by atoms with van der Waals surface area (Å²) in [5.41, 5.74) is 2.28. The van der Waals surface area contributed by atoms with E-state index in [9.17, 15) is 9.18 Å². The number of carbonyl (C=O) groups excluding carboxylic acids is 1. The molecule has 4 aromatic rings. The molecule has 0 saturated carbocycles. The fourth-order valence-corrected chi connectivity index (χ4v) is 3.85. The first kappa shape index (κ1) is 20.7. The summed E-state index contributed by atoms with van der Waals surface area (Å²) in [5, 5.41) is 9.73. The number of hydrogen-bond acceptors (Lipinski definition) is 7. The molecular weight excluding hydrogens is 417 g/mol. The molecule has 0 bridgehead atoms. The lowest BCUT2D eigenvalue weighted by Gasteiger charge is -2.10. The highest BCUT2D eigenvalue weighted by molar-refractivity contribution is 7.15. The van der Waals surface area contributed by atoms with E-state index < -0.39 is 11.7 Å². The first-order valence-corrected chi connectivity index (χ1v) is 10.5. The number of aryl methyl sites for hydroxylation is 2. The largest absolute Gasteiger partial charge is 0.356 e. The van der Waals surface area contributed by atoms with Crippen molar-refractivity contribution >= 4 is 23.2 Å². The van der Waals surface area contributed by atoms with Crippen LogP contribution in [-0.4, -0.2) is 34.1 Å². The Morgan fingerprint density at radius 1 is 1.16 bits per heavy atom. The van der Waals surface area contributed by atoms with Gasteiger partial charge in [0.15, 0.2) is 5.76 Å². The van der Waals surface area contributed by atoms with E-state index >= 15 is 0 Å². The van der Waals surface area contributed by atoms with Gasteiger partial charge in [-0.1, -0.05) is 17.3 Å². The molecule has 0 atom stereocenters.